The van der Waals surface area contributed by atoms with Gasteiger partial charge in [0.05, 0.1) is 22.7 Å². The Kier molecular flexibility index (Phi) is 8.64. The van der Waals surface area contributed by atoms with Gasteiger partial charge in [0.2, 0.25) is 0 Å². The molecule has 0 radical (unpaired) electrons. The van der Waals surface area contributed by atoms with E-state index in [1.807, 2.05) is 36.5 Å². The average molecular weight is 504 g/mol. The first-order chi connectivity index (χ1) is 16.5. The molecule has 2 aromatic heterocycles. The summed E-state index contributed by atoms with van der Waals surface area (Å²) in [4.78, 5) is 11.1. The molecule has 182 valence electrons. The Labute approximate surface area is 209 Å². The molecule has 0 aliphatic carbocycles. The first-order valence-electron chi connectivity index (χ1n) is 11.7. The van der Waals surface area contributed by atoms with E-state index in [1.165, 1.54) is 6.20 Å². The fourth-order valence-electron chi connectivity index (χ4n) is 4.64. The van der Waals surface area contributed by atoms with E-state index in [-0.39, 0.29) is 12.0 Å². The van der Waals surface area contributed by atoms with Crippen LogP contribution in [-0.2, 0) is 0 Å². The topological polar surface area (TPSA) is 58.5 Å². The smallest absolute Gasteiger partial charge is 0.127 e. The Morgan fingerprint density at radius 3 is 2.76 bits per heavy atom. The van der Waals surface area contributed by atoms with E-state index in [0.29, 0.717) is 40.1 Å². The second-order valence-electron chi connectivity index (χ2n) is 8.93. The molecule has 3 heterocycles. The Balaban J connectivity index is 1.34. The molecule has 5 nitrogen and oxygen atoms in total. The van der Waals surface area contributed by atoms with Crippen LogP contribution in [0.5, 0.6) is 5.75 Å². The minimum atomic E-state index is -1.23. The SMILES string of the molecule is COc1ccc2ncc(Cl)c([C@@H](F)CCC3(CO)CCN(CCSc4ccccn4)CC3)c2c1. The number of pyridine rings is 2. The first-order valence-corrected chi connectivity index (χ1v) is 13.0. The predicted octanol–water partition coefficient (Wildman–Crippen LogP) is 5.95. The van der Waals surface area contributed by atoms with E-state index in [9.17, 15) is 5.11 Å². The van der Waals surface area contributed by atoms with Crippen LogP contribution in [-0.4, -0.2) is 59.1 Å². The summed E-state index contributed by atoms with van der Waals surface area (Å²) in [6, 6.07) is 11.4. The second-order valence-corrected chi connectivity index (χ2v) is 10.4. The van der Waals surface area contributed by atoms with Gasteiger partial charge < -0.3 is 14.7 Å². The third-order valence-electron chi connectivity index (χ3n) is 6.86. The minimum absolute atomic E-state index is 0.0783. The van der Waals surface area contributed by atoms with Crippen molar-refractivity contribution in [1.82, 2.24) is 14.9 Å². The molecular weight excluding hydrogens is 473 g/mol. The Bertz CT molecular complexity index is 1080. The number of likely N-dealkylation sites (tertiary alicyclic amines) is 1. The predicted molar refractivity (Wildman–Crippen MR) is 137 cm³/mol. The van der Waals surface area contributed by atoms with Crippen molar-refractivity contribution in [3.63, 3.8) is 0 Å². The summed E-state index contributed by atoms with van der Waals surface area (Å²) < 4.78 is 20.9. The van der Waals surface area contributed by atoms with Gasteiger partial charge in [-0.05, 0) is 74.5 Å². The Hall–Kier alpha value is -1.93. The molecule has 3 aromatic rings. The average Bonchev–Trinajstić information content (AvgIpc) is 2.88. The summed E-state index contributed by atoms with van der Waals surface area (Å²) in [5, 5.41) is 12.3. The highest BCUT2D eigenvalue weighted by atomic mass is 35.5. The van der Waals surface area contributed by atoms with Crippen LogP contribution in [0.25, 0.3) is 10.9 Å². The number of rotatable bonds is 10. The van der Waals surface area contributed by atoms with Gasteiger partial charge in [-0.1, -0.05) is 17.7 Å². The molecule has 1 aromatic carbocycles. The van der Waals surface area contributed by atoms with Gasteiger partial charge in [-0.15, -0.1) is 11.8 Å². The molecule has 0 amide bonds. The highest BCUT2D eigenvalue weighted by molar-refractivity contribution is 7.99. The van der Waals surface area contributed by atoms with Gasteiger partial charge in [-0.25, -0.2) is 9.37 Å². The first kappa shape index (κ1) is 25.2. The van der Waals surface area contributed by atoms with Crippen LogP contribution in [0, 0.1) is 5.41 Å². The van der Waals surface area contributed by atoms with Gasteiger partial charge in [0.25, 0.3) is 0 Å². The zero-order chi connectivity index (χ0) is 24.0. The number of thioether (sulfide) groups is 1. The lowest BCUT2D eigenvalue weighted by Gasteiger charge is -2.41. The fourth-order valence-corrected chi connectivity index (χ4v) is 5.78. The molecule has 1 aliphatic heterocycles. The standard InChI is InChI=1S/C26H31ClFN3O2S/c1-33-19-5-6-23-20(16-19)25(21(27)17-30-23)22(28)7-8-26(18-32)9-12-31(13-10-26)14-15-34-24-4-2-3-11-29-24/h2-6,11,16-17,22,32H,7-10,12-15,18H2,1H3/t22-/m0/s1. The molecule has 34 heavy (non-hydrogen) atoms. The molecule has 1 saturated heterocycles. The van der Waals surface area contributed by atoms with Gasteiger partial charge in [-0.2, -0.15) is 0 Å². The van der Waals surface area contributed by atoms with Crippen molar-refractivity contribution >= 4 is 34.3 Å². The monoisotopic (exact) mass is 503 g/mol. The van der Waals surface area contributed by atoms with Gasteiger partial charge in [0.15, 0.2) is 0 Å². The van der Waals surface area contributed by atoms with Gasteiger partial charge in [0.1, 0.15) is 11.9 Å². The van der Waals surface area contributed by atoms with E-state index >= 15 is 4.39 Å². The molecule has 4 rings (SSSR count). The molecule has 8 heteroatoms. The van der Waals surface area contributed by atoms with Crippen molar-refractivity contribution < 1.29 is 14.2 Å². The highest BCUT2D eigenvalue weighted by Gasteiger charge is 2.35. The van der Waals surface area contributed by atoms with Crippen LogP contribution in [0.15, 0.2) is 53.8 Å². The molecule has 0 unspecified atom stereocenters. The maximum atomic E-state index is 15.6. The molecular formula is C26H31ClFN3O2S. The van der Waals surface area contributed by atoms with Crippen LogP contribution in [0.2, 0.25) is 5.02 Å². The Morgan fingerprint density at radius 2 is 2.06 bits per heavy atom. The van der Waals surface area contributed by atoms with Crippen molar-refractivity contribution in [1.29, 1.82) is 0 Å². The summed E-state index contributed by atoms with van der Waals surface area (Å²) in [7, 11) is 1.58. The highest BCUT2D eigenvalue weighted by Crippen LogP contribution is 2.41. The van der Waals surface area contributed by atoms with Crippen LogP contribution in [0.3, 0.4) is 0 Å². The molecule has 0 spiro atoms. The maximum Gasteiger partial charge on any atom is 0.127 e. The van der Waals surface area contributed by atoms with E-state index < -0.39 is 6.17 Å². The Morgan fingerprint density at radius 1 is 1.24 bits per heavy atom. The third-order valence-corrected chi connectivity index (χ3v) is 8.08. The number of alkyl halides is 1. The quantitative estimate of drug-likeness (QED) is 0.345. The zero-order valence-electron chi connectivity index (χ0n) is 19.4. The number of aliphatic hydroxyl groups excluding tert-OH is 1. The normalized spacial score (nSPS) is 17.1. The number of methoxy groups -OCH3 is 1. The number of fused-ring (bicyclic) bond motifs is 1. The van der Waals surface area contributed by atoms with E-state index in [2.05, 4.69) is 14.9 Å². The summed E-state index contributed by atoms with van der Waals surface area (Å²) >= 11 is 8.15. The number of piperidine rings is 1. The molecule has 1 atom stereocenters. The molecule has 1 fully saturated rings. The molecule has 0 saturated carbocycles. The van der Waals surface area contributed by atoms with Crippen molar-refractivity contribution in [2.45, 2.75) is 36.9 Å². The summed E-state index contributed by atoms with van der Waals surface area (Å²) in [5.74, 6) is 1.62. The van der Waals surface area contributed by atoms with E-state index in [4.69, 9.17) is 16.3 Å². The van der Waals surface area contributed by atoms with Gasteiger partial charge >= 0.3 is 0 Å². The zero-order valence-corrected chi connectivity index (χ0v) is 21.0. The number of aliphatic hydroxyl groups is 1. The summed E-state index contributed by atoms with van der Waals surface area (Å²) in [5.41, 5.74) is 0.904. The number of nitrogens with zero attached hydrogens (tertiary/aromatic N) is 3. The number of halogens is 2. The van der Waals surface area contributed by atoms with Crippen molar-refractivity contribution in [3.05, 3.63) is 59.4 Å². The van der Waals surface area contributed by atoms with Crippen LogP contribution in [0.1, 0.15) is 37.4 Å². The minimum Gasteiger partial charge on any atom is -0.497 e. The van der Waals surface area contributed by atoms with E-state index in [1.54, 1.807) is 24.9 Å². The fraction of sp³-hybridized carbons (Fsp3) is 0.462. The largest absolute Gasteiger partial charge is 0.497 e. The maximum absolute atomic E-state index is 15.6. The third kappa shape index (κ3) is 6.00. The van der Waals surface area contributed by atoms with E-state index in [0.717, 1.165) is 43.3 Å². The molecule has 1 N–H and O–H groups in total. The number of hydrogen-bond donors (Lipinski definition) is 1. The van der Waals surface area contributed by atoms with Crippen LogP contribution >= 0.6 is 23.4 Å². The van der Waals surface area contributed by atoms with Crippen molar-refractivity contribution in [2.24, 2.45) is 5.41 Å². The second kappa shape index (κ2) is 11.7. The number of benzene rings is 1. The number of hydrogen-bond acceptors (Lipinski definition) is 6. The van der Waals surface area contributed by atoms with Gasteiger partial charge in [0, 0.05) is 42.2 Å². The number of aromatic nitrogens is 2. The van der Waals surface area contributed by atoms with Crippen molar-refractivity contribution in [2.75, 3.05) is 39.1 Å². The van der Waals surface area contributed by atoms with Gasteiger partial charge in [-0.3, -0.25) is 4.98 Å². The number of ether oxygens (including phenoxy) is 1. The molecule has 0 bridgehead atoms. The lowest BCUT2D eigenvalue weighted by molar-refractivity contribution is 0.0323. The van der Waals surface area contributed by atoms with Crippen molar-refractivity contribution in [3.8, 4) is 5.75 Å². The summed E-state index contributed by atoms with van der Waals surface area (Å²) in [6.45, 7) is 2.89. The lowest BCUT2D eigenvalue weighted by Crippen LogP contribution is -2.42. The van der Waals surface area contributed by atoms with Crippen LogP contribution < -0.4 is 4.74 Å². The van der Waals surface area contributed by atoms with Crippen LogP contribution in [0.4, 0.5) is 4.39 Å². The molecule has 1 aliphatic rings. The summed E-state index contributed by atoms with van der Waals surface area (Å²) in [6.07, 6.45) is 4.75. The lowest BCUT2D eigenvalue weighted by atomic mass is 9.74.